The third-order valence-electron chi connectivity index (χ3n) is 5.33. The third-order valence-corrected chi connectivity index (χ3v) is 5.33. The van der Waals surface area contributed by atoms with Gasteiger partial charge in [-0.2, -0.15) is 0 Å². The van der Waals surface area contributed by atoms with Crippen LogP contribution < -0.4 is 17.2 Å². The van der Waals surface area contributed by atoms with Gasteiger partial charge in [0.15, 0.2) is 0 Å². The highest BCUT2D eigenvalue weighted by Gasteiger charge is 2.28. The fraction of sp³-hybridized carbons (Fsp3) is 0.174. The fourth-order valence-corrected chi connectivity index (χ4v) is 3.57. The predicted molar refractivity (Wildman–Crippen MR) is 118 cm³/mol. The van der Waals surface area contributed by atoms with Crippen LogP contribution in [-0.4, -0.2) is 34.0 Å². The van der Waals surface area contributed by atoms with Crippen LogP contribution in [0.15, 0.2) is 65.2 Å². The lowest BCUT2D eigenvalue weighted by molar-refractivity contribution is -0.114. The number of halogens is 1. The van der Waals surface area contributed by atoms with Gasteiger partial charge in [0.2, 0.25) is 0 Å². The molecule has 1 heterocycles. The van der Waals surface area contributed by atoms with Crippen LogP contribution in [0.2, 0.25) is 0 Å². The minimum atomic E-state index is -0.799. The number of primary amides is 1. The lowest BCUT2D eigenvalue weighted by atomic mass is 9.90. The summed E-state index contributed by atoms with van der Waals surface area (Å²) in [7, 11) is 0. The molecule has 0 saturated heterocycles. The SMILES string of the molecule is NC(=O)/C(C(N)=NC1CC(O)C1)=C(/N)c1ccc2ccc(-c3ccccc3F)nc2c1. The zero-order chi connectivity index (χ0) is 22.1. The number of nitrogens with two attached hydrogens (primary N) is 3. The number of carbonyl (C=O) groups excluding carboxylic acids is 1. The second kappa shape index (κ2) is 8.16. The number of aromatic nitrogens is 1. The van der Waals surface area contributed by atoms with Crippen molar-refractivity contribution in [3.8, 4) is 11.3 Å². The molecule has 1 saturated carbocycles. The van der Waals surface area contributed by atoms with E-state index in [9.17, 15) is 14.3 Å². The zero-order valence-corrected chi connectivity index (χ0v) is 16.6. The van der Waals surface area contributed by atoms with Crippen LogP contribution in [-0.2, 0) is 4.79 Å². The van der Waals surface area contributed by atoms with Crippen molar-refractivity contribution in [3.05, 3.63) is 71.6 Å². The van der Waals surface area contributed by atoms with Gasteiger partial charge in [0.1, 0.15) is 17.2 Å². The Balaban J connectivity index is 1.76. The molecule has 8 heteroatoms. The van der Waals surface area contributed by atoms with Gasteiger partial charge in [-0.1, -0.05) is 30.3 Å². The first kappa shape index (κ1) is 20.5. The van der Waals surface area contributed by atoms with E-state index in [4.69, 9.17) is 17.2 Å². The molecule has 4 rings (SSSR count). The van der Waals surface area contributed by atoms with Crippen LogP contribution >= 0.6 is 0 Å². The van der Waals surface area contributed by atoms with Crippen molar-refractivity contribution < 1.29 is 14.3 Å². The molecule has 1 aliphatic rings. The number of aliphatic hydroxyl groups excluding tert-OH is 1. The monoisotopic (exact) mass is 419 g/mol. The molecule has 1 aliphatic carbocycles. The number of hydrogen-bond acceptors (Lipinski definition) is 5. The summed E-state index contributed by atoms with van der Waals surface area (Å²) in [5, 5.41) is 10.2. The van der Waals surface area contributed by atoms with Crippen LogP contribution in [0.4, 0.5) is 4.39 Å². The average molecular weight is 419 g/mol. The Morgan fingerprint density at radius 3 is 2.45 bits per heavy atom. The lowest BCUT2D eigenvalue weighted by Crippen LogP contribution is -2.36. The van der Waals surface area contributed by atoms with Gasteiger partial charge >= 0.3 is 0 Å². The Hall–Kier alpha value is -3.78. The van der Waals surface area contributed by atoms with E-state index in [2.05, 4.69) is 9.98 Å². The molecule has 0 spiro atoms. The number of carbonyl (C=O) groups is 1. The van der Waals surface area contributed by atoms with Crippen LogP contribution in [0.25, 0.3) is 27.9 Å². The summed E-state index contributed by atoms with van der Waals surface area (Å²) in [5.74, 6) is -1.23. The number of rotatable bonds is 5. The van der Waals surface area contributed by atoms with Crippen LogP contribution in [0, 0.1) is 5.82 Å². The molecule has 1 aromatic heterocycles. The number of nitrogens with zero attached hydrogens (tertiary/aromatic N) is 2. The topological polar surface area (TPSA) is 141 Å². The van der Waals surface area contributed by atoms with Crippen molar-refractivity contribution in [2.24, 2.45) is 22.2 Å². The quantitative estimate of drug-likeness (QED) is 0.285. The van der Waals surface area contributed by atoms with Gasteiger partial charge < -0.3 is 22.3 Å². The smallest absolute Gasteiger partial charge is 0.254 e. The number of amides is 1. The van der Waals surface area contributed by atoms with Crippen molar-refractivity contribution >= 4 is 28.3 Å². The van der Waals surface area contributed by atoms with E-state index >= 15 is 0 Å². The highest BCUT2D eigenvalue weighted by Crippen LogP contribution is 2.27. The molecule has 2 aromatic carbocycles. The second-order valence-electron chi connectivity index (χ2n) is 7.53. The largest absolute Gasteiger partial charge is 0.397 e. The van der Waals surface area contributed by atoms with Crippen LogP contribution in [0.3, 0.4) is 0 Å². The van der Waals surface area contributed by atoms with Crippen molar-refractivity contribution in [2.45, 2.75) is 25.0 Å². The lowest BCUT2D eigenvalue weighted by Gasteiger charge is -2.28. The highest BCUT2D eigenvalue weighted by molar-refractivity contribution is 6.24. The molecule has 0 bridgehead atoms. The average Bonchev–Trinajstić information content (AvgIpc) is 2.72. The first-order chi connectivity index (χ1) is 14.8. The Labute approximate surface area is 178 Å². The van der Waals surface area contributed by atoms with Crippen LogP contribution in [0.1, 0.15) is 18.4 Å². The van der Waals surface area contributed by atoms with Crippen molar-refractivity contribution in [1.82, 2.24) is 4.98 Å². The predicted octanol–water partition coefficient (Wildman–Crippen LogP) is 2.08. The van der Waals surface area contributed by atoms with Gasteiger partial charge in [-0.05, 0) is 37.1 Å². The minimum absolute atomic E-state index is 0.0601. The summed E-state index contributed by atoms with van der Waals surface area (Å²) >= 11 is 0. The molecule has 0 radical (unpaired) electrons. The number of benzene rings is 2. The number of amidine groups is 1. The molecule has 0 unspecified atom stereocenters. The Bertz CT molecular complexity index is 1230. The van der Waals surface area contributed by atoms with E-state index < -0.39 is 12.0 Å². The van der Waals surface area contributed by atoms with E-state index in [1.807, 2.05) is 6.07 Å². The second-order valence-corrected chi connectivity index (χ2v) is 7.53. The van der Waals surface area contributed by atoms with Gasteiger partial charge in [-0.25, -0.2) is 9.37 Å². The van der Waals surface area contributed by atoms with Crippen molar-refractivity contribution in [3.63, 3.8) is 0 Å². The fourth-order valence-electron chi connectivity index (χ4n) is 3.57. The first-order valence-corrected chi connectivity index (χ1v) is 9.81. The maximum atomic E-state index is 14.2. The molecule has 158 valence electrons. The number of fused-ring (bicyclic) bond motifs is 1. The van der Waals surface area contributed by atoms with Gasteiger partial charge in [0.05, 0.1) is 29.1 Å². The summed E-state index contributed by atoms with van der Waals surface area (Å²) in [5.41, 5.74) is 19.7. The number of pyridine rings is 1. The standard InChI is InChI=1S/C23H22FN5O2/c24-17-4-2-1-3-16(17)18-8-7-12-5-6-13(9-19(12)29-18)21(25)20(23(27)31)22(26)28-14-10-15(30)11-14/h1-9,14-15,30H,10-11,25H2,(H2,26,28)(H2,27,31)/b21-20+. The molecule has 0 atom stereocenters. The molecule has 3 aromatic rings. The maximum absolute atomic E-state index is 14.2. The zero-order valence-electron chi connectivity index (χ0n) is 16.6. The van der Waals surface area contributed by atoms with E-state index in [1.165, 1.54) is 6.07 Å². The normalized spacial score (nSPS) is 19.6. The summed E-state index contributed by atoms with van der Waals surface area (Å²) in [4.78, 5) is 20.9. The first-order valence-electron chi connectivity index (χ1n) is 9.81. The molecule has 1 amide bonds. The molecule has 7 nitrogen and oxygen atoms in total. The Morgan fingerprint density at radius 1 is 1.06 bits per heavy atom. The van der Waals surface area contributed by atoms with Gasteiger partial charge in [0.25, 0.3) is 5.91 Å². The maximum Gasteiger partial charge on any atom is 0.254 e. The van der Waals surface area contributed by atoms with E-state index in [-0.39, 0.29) is 29.0 Å². The molecular formula is C23H22FN5O2. The molecule has 31 heavy (non-hydrogen) atoms. The summed E-state index contributed by atoms with van der Waals surface area (Å²) in [6.45, 7) is 0. The number of hydrogen-bond donors (Lipinski definition) is 4. The van der Waals surface area contributed by atoms with Gasteiger partial charge in [-0.3, -0.25) is 9.79 Å². The molecular weight excluding hydrogens is 397 g/mol. The summed E-state index contributed by atoms with van der Waals surface area (Å²) in [6, 6.07) is 15.0. The van der Waals surface area contributed by atoms with E-state index in [0.717, 1.165) is 5.39 Å². The third kappa shape index (κ3) is 4.10. The number of aliphatic hydroxyl groups is 1. The van der Waals surface area contributed by atoms with Crippen LogP contribution in [0.5, 0.6) is 0 Å². The number of aliphatic imine (C=N–C) groups is 1. The Morgan fingerprint density at radius 2 is 1.77 bits per heavy atom. The van der Waals surface area contributed by atoms with Crippen molar-refractivity contribution in [2.75, 3.05) is 0 Å². The van der Waals surface area contributed by atoms with E-state index in [1.54, 1.807) is 42.5 Å². The highest BCUT2D eigenvalue weighted by atomic mass is 19.1. The Kier molecular flexibility index (Phi) is 5.39. The van der Waals surface area contributed by atoms with Crippen molar-refractivity contribution in [1.29, 1.82) is 0 Å². The summed E-state index contributed by atoms with van der Waals surface area (Å²) < 4.78 is 14.2. The molecule has 7 N–H and O–H groups in total. The van der Waals surface area contributed by atoms with E-state index in [0.29, 0.717) is 35.2 Å². The van der Waals surface area contributed by atoms with Gasteiger partial charge in [-0.15, -0.1) is 0 Å². The molecule has 1 fully saturated rings. The minimum Gasteiger partial charge on any atom is -0.397 e. The summed E-state index contributed by atoms with van der Waals surface area (Å²) in [6.07, 6.45) is 0.548. The van der Waals surface area contributed by atoms with Gasteiger partial charge in [0, 0.05) is 16.5 Å². The molecule has 0 aliphatic heterocycles.